The van der Waals surface area contributed by atoms with Crippen molar-refractivity contribution in [2.24, 2.45) is 0 Å². The molecule has 0 aliphatic carbocycles. The van der Waals surface area contributed by atoms with Gasteiger partial charge in [0, 0.05) is 6.04 Å². The average Bonchev–Trinajstić information content (AvgIpc) is 2.86. The van der Waals surface area contributed by atoms with Gasteiger partial charge in [-0.3, -0.25) is 0 Å². The van der Waals surface area contributed by atoms with E-state index in [9.17, 15) is 0 Å². The summed E-state index contributed by atoms with van der Waals surface area (Å²) in [5.41, 5.74) is 0. The largest absolute Gasteiger partial charge is 1.00 e. The summed E-state index contributed by atoms with van der Waals surface area (Å²) in [6, 6.07) is 33.5. The molecule has 0 spiro atoms. The van der Waals surface area contributed by atoms with Crippen molar-refractivity contribution in [2.45, 2.75) is 39.8 Å². The molecule has 0 bridgehead atoms. The van der Waals surface area contributed by atoms with Crippen LogP contribution in [0.1, 0.15) is 27.7 Å². The second kappa shape index (κ2) is 18.3. The summed E-state index contributed by atoms with van der Waals surface area (Å²) in [5.74, 6) is 0. The Bertz CT molecular complexity index is 910. The van der Waals surface area contributed by atoms with Gasteiger partial charge in [0.25, 0.3) is 0 Å². The summed E-state index contributed by atoms with van der Waals surface area (Å²) in [5, 5.41) is 9.41. The summed E-state index contributed by atoms with van der Waals surface area (Å²) >= 11 is 0. The Hall–Kier alpha value is -1.04. The van der Waals surface area contributed by atoms with E-state index in [1.807, 2.05) is 0 Å². The molecule has 2 N–H and O–H groups in total. The number of nitrogens with one attached hydrogen (secondary N) is 2. The molecule has 3 aromatic rings. The number of benzene rings is 3. The Balaban J connectivity index is 0.000000661. The Morgan fingerprint density at radius 1 is 0.676 bits per heavy atom. The second-order valence-electron chi connectivity index (χ2n) is 10.3. The van der Waals surface area contributed by atoms with E-state index in [-0.39, 0.29) is 18.9 Å². The predicted octanol–water partition coefficient (Wildman–Crippen LogP) is 0.176. The van der Waals surface area contributed by atoms with Crippen molar-refractivity contribution in [3.05, 3.63) is 96.1 Å². The van der Waals surface area contributed by atoms with E-state index in [0.717, 1.165) is 0 Å². The third-order valence-electron chi connectivity index (χ3n) is 5.47. The molecule has 3 aromatic carbocycles. The molecule has 37 heavy (non-hydrogen) atoms. The zero-order valence-electron chi connectivity index (χ0n) is 24.6. The monoisotopic (exact) mass is 533 g/mol. The van der Waals surface area contributed by atoms with Crippen LogP contribution in [0, 0.1) is 0 Å². The minimum absolute atomic E-state index is 0. The minimum atomic E-state index is -1.16. The number of rotatable bonds is 11. The summed E-state index contributed by atoms with van der Waals surface area (Å²) < 4.78 is 2.71. The molecule has 0 unspecified atom stereocenters. The molecule has 196 valence electrons. The van der Waals surface area contributed by atoms with E-state index in [1.54, 1.807) is 0 Å². The first-order valence-electron chi connectivity index (χ1n) is 13.1. The predicted molar refractivity (Wildman–Crippen MR) is 164 cm³/mol. The zero-order chi connectivity index (χ0) is 26.5. The number of hydrogen-bond donors (Lipinski definition) is 2. The molecule has 0 saturated carbocycles. The van der Waals surface area contributed by atoms with E-state index in [1.165, 1.54) is 38.8 Å². The maximum atomic E-state index is 5.26. The minimum Gasteiger partial charge on any atom is -0.614 e. The van der Waals surface area contributed by atoms with Crippen LogP contribution in [-0.2, 0) is 0 Å². The topological polar surface area (TPSA) is 26.2 Å². The number of quaternary nitrogens is 2. The van der Waals surface area contributed by atoms with Crippen LogP contribution in [0.3, 0.4) is 0 Å². The molecule has 0 aliphatic heterocycles. The van der Waals surface area contributed by atoms with Crippen LogP contribution in [0.4, 0.5) is 0 Å². The van der Waals surface area contributed by atoms with Crippen molar-refractivity contribution in [1.82, 2.24) is 4.44 Å². The molecule has 0 amide bonds. The first-order chi connectivity index (χ1) is 17.2. The van der Waals surface area contributed by atoms with Crippen LogP contribution in [0.15, 0.2) is 91.0 Å². The van der Waals surface area contributed by atoms with Crippen LogP contribution < -0.4 is 44.6 Å². The Kier molecular flexibility index (Phi) is 16.8. The Morgan fingerprint density at radius 3 is 1.38 bits per heavy atom. The maximum Gasteiger partial charge on any atom is 1.00 e. The molecule has 0 radical (unpaired) electrons. The number of likely N-dealkylation sites (N-methyl/N-ethyl adjacent to an activating group) is 2. The van der Waals surface area contributed by atoms with Crippen LogP contribution >= 0.6 is 16.3 Å². The zero-order valence-corrected chi connectivity index (χ0v) is 26.5. The first kappa shape index (κ1) is 34.0. The van der Waals surface area contributed by atoms with Crippen molar-refractivity contribution in [2.75, 3.05) is 41.3 Å². The van der Waals surface area contributed by atoms with Gasteiger partial charge in [0.2, 0.25) is 0 Å². The third-order valence-corrected chi connectivity index (χ3v) is 11.7. The van der Waals surface area contributed by atoms with Gasteiger partial charge in [0.05, 0.1) is 28.2 Å². The molecule has 7 heteroatoms. The maximum absolute atomic E-state index is 5.26. The fraction of sp³-hybridized carbons (Fsp3) is 0.400. The van der Waals surface area contributed by atoms with Gasteiger partial charge in [-0.05, 0) is 43.4 Å². The summed E-state index contributed by atoms with van der Waals surface area (Å²) in [4.78, 5) is 3.07. The van der Waals surface area contributed by atoms with Gasteiger partial charge in [-0.1, -0.05) is 88.8 Å². The van der Waals surface area contributed by atoms with Gasteiger partial charge in [-0.25, -0.2) is 0 Å². The summed E-state index contributed by atoms with van der Waals surface area (Å²) in [6.07, 6.45) is 0. The molecular weight excluding hydrogens is 485 g/mol. The normalized spacial score (nSPS) is 12.2. The van der Waals surface area contributed by atoms with Crippen molar-refractivity contribution >= 4 is 32.2 Å². The van der Waals surface area contributed by atoms with Gasteiger partial charge in [0.1, 0.15) is 31.8 Å². The van der Waals surface area contributed by atoms with E-state index in [0.29, 0.717) is 12.1 Å². The molecule has 0 aromatic heterocycles. The Morgan fingerprint density at radius 2 is 1.05 bits per heavy atom. The Labute approximate surface area is 241 Å². The van der Waals surface area contributed by atoms with Crippen LogP contribution in [0.2, 0.25) is 0 Å². The van der Waals surface area contributed by atoms with Crippen molar-refractivity contribution < 1.29 is 28.7 Å². The first-order valence-corrected chi connectivity index (χ1v) is 15.8. The average molecular weight is 534 g/mol. The summed E-state index contributed by atoms with van der Waals surface area (Å²) in [6.45, 7) is 11.5. The van der Waals surface area contributed by atoms with Crippen molar-refractivity contribution in [1.29, 1.82) is 0 Å². The molecule has 1 atom stereocenters. The quantitative estimate of drug-likeness (QED) is 0.267. The van der Waals surface area contributed by atoms with E-state index < -0.39 is 16.3 Å². The van der Waals surface area contributed by atoms with Crippen molar-refractivity contribution in [3.63, 3.8) is 0 Å². The van der Waals surface area contributed by atoms with E-state index in [2.05, 4.69) is 151 Å². The SMILES string of the molecule is CC(C)[N-][P@](c1ccccc1)N(C(C)C)[PH+](c1ccccc1)c1ccccc1.C[NH+](C)CC[NH+](C)C.[Li+]. The van der Waals surface area contributed by atoms with Gasteiger partial charge in [-0.15, -0.1) is 6.04 Å². The van der Waals surface area contributed by atoms with Crippen LogP contribution in [-0.4, -0.2) is 57.8 Å². The molecule has 0 fully saturated rings. The van der Waals surface area contributed by atoms with Gasteiger partial charge in [0.15, 0.2) is 0 Å². The molecule has 0 aliphatic rings. The number of nitrogens with zero attached hydrogens (tertiary/aromatic N) is 2. The van der Waals surface area contributed by atoms with Gasteiger partial charge < -0.3 is 14.9 Å². The van der Waals surface area contributed by atoms with E-state index >= 15 is 0 Å². The fourth-order valence-corrected chi connectivity index (χ4v) is 9.88. The molecule has 3 rings (SSSR count). The standard InChI is InChI=1S/C24H29N2P2.C6H16N2.Li/c1-20(2)25-28(24-18-12-7-13-19-24)26(21(3)4)27(22-14-8-5-9-15-22)23-16-10-6-11-17-23;1-7(2)5-6-8(3)4;/h5-21H,1-4H3;5-6H2,1-4H3;/q-1;;+1/p+3/t28-;;/m0../s1. The second-order valence-corrected chi connectivity index (χ2v) is 14.7. The fourth-order valence-electron chi connectivity index (χ4n) is 3.72. The van der Waals surface area contributed by atoms with Crippen LogP contribution in [0.25, 0.3) is 5.09 Å². The third kappa shape index (κ3) is 12.1. The van der Waals surface area contributed by atoms with Crippen molar-refractivity contribution in [3.8, 4) is 0 Å². The van der Waals surface area contributed by atoms with E-state index in [4.69, 9.17) is 5.09 Å². The molecule has 0 saturated heterocycles. The number of hydrogen-bond acceptors (Lipinski definition) is 1. The molecular formula is C30H48LiN4P2+3. The molecule has 4 nitrogen and oxygen atoms in total. The smallest absolute Gasteiger partial charge is 0.614 e. The van der Waals surface area contributed by atoms with Gasteiger partial charge in [-0.2, -0.15) is 4.44 Å². The summed E-state index contributed by atoms with van der Waals surface area (Å²) in [7, 11) is 6.79. The van der Waals surface area contributed by atoms with Gasteiger partial charge >= 0.3 is 18.9 Å². The van der Waals surface area contributed by atoms with Crippen LogP contribution in [0.5, 0.6) is 0 Å². The molecule has 0 heterocycles.